The number of esters is 1. The molecule has 0 aromatic heterocycles. The van der Waals surface area contributed by atoms with Crippen molar-refractivity contribution < 1.29 is 31.7 Å². The van der Waals surface area contributed by atoms with Crippen molar-refractivity contribution in [2.45, 2.75) is 11.8 Å². The number of benzene rings is 2. The van der Waals surface area contributed by atoms with Gasteiger partial charge in [0.05, 0.1) is 24.3 Å². The predicted octanol–water partition coefficient (Wildman–Crippen LogP) is 3.46. The molecule has 0 spiro atoms. The molecule has 0 aliphatic carbocycles. The molecule has 10 heteroatoms. The molecular formula is C17H16ClNO7S. The largest absolute Gasteiger partial charge is 0.465 e. The molecule has 0 aliphatic rings. The SMILES string of the molecule is CCOC(=O)Nc1cccc(OS(=O)(=O)c2ccc(C(=O)OC)cc2Cl)c1. The van der Waals surface area contributed by atoms with Gasteiger partial charge >= 0.3 is 22.2 Å². The highest BCUT2D eigenvalue weighted by molar-refractivity contribution is 7.87. The van der Waals surface area contributed by atoms with E-state index in [1.807, 2.05) is 0 Å². The fourth-order valence-electron chi connectivity index (χ4n) is 2.03. The fraction of sp³-hybridized carbons (Fsp3) is 0.176. The zero-order chi connectivity index (χ0) is 20.0. The van der Waals surface area contributed by atoms with Crippen molar-refractivity contribution >= 4 is 39.5 Å². The van der Waals surface area contributed by atoms with Gasteiger partial charge < -0.3 is 13.7 Å². The third-order valence-electron chi connectivity index (χ3n) is 3.18. The van der Waals surface area contributed by atoms with Crippen LogP contribution in [0.5, 0.6) is 5.75 Å². The quantitative estimate of drug-likeness (QED) is 0.570. The van der Waals surface area contributed by atoms with E-state index < -0.39 is 22.2 Å². The summed E-state index contributed by atoms with van der Waals surface area (Å²) in [5.74, 6) is -0.697. The second-order valence-corrected chi connectivity index (χ2v) is 6.97. The number of hydrogen-bond acceptors (Lipinski definition) is 7. The van der Waals surface area contributed by atoms with Crippen LogP contribution in [-0.4, -0.2) is 34.2 Å². The van der Waals surface area contributed by atoms with Gasteiger partial charge in [-0.15, -0.1) is 0 Å². The second-order valence-electron chi connectivity index (χ2n) is 5.05. The molecule has 0 saturated heterocycles. The van der Waals surface area contributed by atoms with Gasteiger partial charge in [0.2, 0.25) is 0 Å². The predicted molar refractivity (Wildman–Crippen MR) is 97.7 cm³/mol. The van der Waals surface area contributed by atoms with Crippen molar-refractivity contribution in [3.63, 3.8) is 0 Å². The Bertz CT molecular complexity index is 960. The Morgan fingerprint density at radius 1 is 1.15 bits per heavy atom. The smallest absolute Gasteiger partial charge is 0.411 e. The number of rotatable bonds is 6. The van der Waals surface area contributed by atoms with E-state index in [4.69, 9.17) is 20.5 Å². The monoisotopic (exact) mass is 413 g/mol. The van der Waals surface area contributed by atoms with Crippen LogP contribution in [0.2, 0.25) is 5.02 Å². The van der Waals surface area contributed by atoms with E-state index in [0.717, 1.165) is 6.07 Å². The molecule has 2 aromatic rings. The minimum absolute atomic E-state index is 0.0441. The van der Waals surface area contributed by atoms with E-state index in [2.05, 4.69) is 10.1 Å². The number of ether oxygens (including phenoxy) is 2. The summed E-state index contributed by atoms with van der Waals surface area (Å²) in [4.78, 5) is 22.6. The van der Waals surface area contributed by atoms with Gasteiger partial charge in [-0.05, 0) is 37.3 Å². The summed E-state index contributed by atoms with van der Waals surface area (Å²) < 4.78 is 39.3. The molecule has 144 valence electrons. The maximum Gasteiger partial charge on any atom is 0.411 e. The van der Waals surface area contributed by atoms with Crippen LogP contribution in [0.4, 0.5) is 10.5 Å². The van der Waals surface area contributed by atoms with Crippen LogP contribution >= 0.6 is 11.6 Å². The van der Waals surface area contributed by atoms with E-state index in [0.29, 0.717) is 0 Å². The molecule has 0 bridgehead atoms. The van der Waals surface area contributed by atoms with Crippen molar-refractivity contribution in [2.75, 3.05) is 19.0 Å². The molecule has 1 N–H and O–H groups in total. The standard InChI is InChI=1S/C17H16ClNO7S/c1-3-25-17(21)19-12-5-4-6-13(10-12)26-27(22,23)15-8-7-11(9-14(15)18)16(20)24-2/h4-10H,3H2,1-2H3,(H,19,21). The lowest BCUT2D eigenvalue weighted by Crippen LogP contribution is -2.14. The minimum Gasteiger partial charge on any atom is -0.465 e. The lowest BCUT2D eigenvalue weighted by Gasteiger charge is -2.11. The van der Waals surface area contributed by atoms with Crippen LogP contribution in [0.1, 0.15) is 17.3 Å². The number of amides is 1. The summed E-state index contributed by atoms with van der Waals surface area (Å²) in [5.41, 5.74) is 0.385. The van der Waals surface area contributed by atoms with E-state index in [1.54, 1.807) is 6.92 Å². The number of carbonyl (C=O) groups excluding carboxylic acids is 2. The molecule has 2 aromatic carbocycles. The van der Waals surface area contributed by atoms with E-state index >= 15 is 0 Å². The summed E-state index contributed by atoms with van der Waals surface area (Å²) in [6.45, 7) is 1.84. The molecule has 0 atom stereocenters. The number of nitrogens with one attached hydrogen (secondary N) is 1. The van der Waals surface area contributed by atoms with Crippen LogP contribution in [0, 0.1) is 0 Å². The van der Waals surface area contributed by atoms with Gasteiger partial charge in [-0.2, -0.15) is 8.42 Å². The van der Waals surface area contributed by atoms with Crippen molar-refractivity contribution in [1.29, 1.82) is 0 Å². The molecule has 1 amide bonds. The van der Waals surface area contributed by atoms with E-state index in [9.17, 15) is 18.0 Å². The van der Waals surface area contributed by atoms with Crippen molar-refractivity contribution in [2.24, 2.45) is 0 Å². The van der Waals surface area contributed by atoms with Gasteiger partial charge in [0.1, 0.15) is 10.6 Å². The van der Waals surface area contributed by atoms with Gasteiger partial charge in [-0.25, -0.2) is 9.59 Å². The maximum atomic E-state index is 12.5. The normalized spacial score (nSPS) is 10.8. The van der Waals surface area contributed by atoms with Crippen molar-refractivity contribution in [3.8, 4) is 5.75 Å². The Kier molecular flexibility index (Phi) is 6.65. The first-order chi connectivity index (χ1) is 12.8. The summed E-state index contributed by atoms with van der Waals surface area (Å²) in [5, 5.41) is 2.24. The van der Waals surface area contributed by atoms with Crippen LogP contribution in [0.15, 0.2) is 47.4 Å². The Morgan fingerprint density at radius 2 is 1.89 bits per heavy atom. The first kappa shape index (κ1) is 20.5. The highest BCUT2D eigenvalue weighted by Gasteiger charge is 2.22. The zero-order valence-electron chi connectivity index (χ0n) is 14.4. The number of carbonyl (C=O) groups is 2. The number of halogens is 1. The van der Waals surface area contributed by atoms with Crippen LogP contribution in [0.3, 0.4) is 0 Å². The Balaban J connectivity index is 2.24. The Morgan fingerprint density at radius 3 is 2.52 bits per heavy atom. The topological polar surface area (TPSA) is 108 Å². The summed E-state index contributed by atoms with van der Waals surface area (Å²) in [6, 6.07) is 9.30. The highest BCUT2D eigenvalue weighted by atomic mass is 35.5. The Hall–Kier alpha value is -2.78. The molecule has 0 unspecified atom stereocenters. The first-order valence-electron chi connectivity index (χ1n) is 7.63. The average molecular weight is 414 g/mol. The summed E-state index contributed by atoms with van der Waals surface area (Å²) in [6.07, 6.45) is -0.682. The lowest BCUT2D eigenvalue weighted by atomic mass is 10.2. The average Bonchev–Trinajstić information content (AvgIpc) is 2.60. The fourth-order valence-corrected chi connectivity index (χ4v) is 3.47. The second kappa shape index (κ2) is 8.74. The van der Waals surface area contributed by atoms with E-state index in [-0.39, 0.29) is 33.5 Å². The maximum absolute atomic E-state index is 12.5. The van der Waals surface area contributed by atoms with Crippen LogP contribution in [0.25, 0.3) is 0 Å². The van der Waals surface area contributed by atoms with Crippen molar-refractivity contribution in [3.05, 3.63) is 53.1 Å². The van der Waals surface area contributed by atoms with Gasteiger partial charge in [-0.1, -0.05) is 17.7 Å². The third kappa shape index (κ3) is 5.35. The molecule has 0 aliphatic heterocycles. The zero-order valence-corrected chi connectivity index (χ0v) is 16.0. The number of methoxy groups -OCH3 is 1. The molecule has 27 heavy (non-hydrogen) atoms. The van der Waals surface area contributed by atoms with Gasteiger partial charge in [0, 0.05) is 11.8 Å². The van der Waals surface area contributed by atoms with Gasteiger partial charge in [-0.3, -0.25) is 5.32 Å². The molecule has 8 nitrogen and oxygen atoms in total. The highest BCUT2D eigenvalue weighted by Crippen LogP contribution is 2.27. The molecule has 2 rings (SSSR count). The molecular weight excluding hydrogens is 398 g/mol. The minimum atomic E-state index is -4.28. The van der Waals surface area contributed by atoms with Gasteiger partial charge in [0.25, 0.3) is 0 Å². The summed E-state index contributed by atoms with van der Waals surface area (Å²) in [7, 11) is -3.08. The molecule has 0 fully saturated rings. The lowest BCUT2D eigenvalue weighted by molar-refractivity contribution is 0.0600. The van der Waals surface area contributed by atoms with Crippen molar-refractivity contribution in [1.82, 2.24) is 0 Å². The molecule has 0 heterocycles. The Labute approximate surface area is 161 Å². The summed E-state index contributed by atoms with van der Waals surface area (Å²) >= 11 is 5.98. The van der Waals surface area contributed by atoms with Crippen LogP contribution < -0.4 is 9.50 Å². The molecule has 0 radical (unpaired) electrons. The number of hydrogen-bond donors (Lipinski definition) is 1. The third-order valence-corrected chi connectivity index (χ3v) is 4.92. The number of anilines is 1. The first-order valence-corrected chi connectivity index (χ1v) is 9.41. The van der Waals surface area contributed by atoms with Crippen LogP contribution in [-0.2, 0) is 19.6 Å². The van der Waals surface area contributed by atoms with Gasteiger partial charge in [0.15, 0.2) is 0 Å². The van der Waals surface area contributed by atoms with E-state index in [1.165, 1.54) is 43.5 Å². The molecule has 0 saturated carbocycles.